The molecular weight excluding hydrogens is 351 g/mol. The molecule has 0 aliphatic carbocycles. The molecule has 0 saturated carbocycles. The van der Waals surface area contributed by atoms with Gasteiger partial charge in [0.05, 0.1) is 0 Å². The zero-order valence-electron chi connectivity index (χ0n) is 9.27. The lowest BCUT2D eigenvalue weighted by Crippen LogP contribution is -2.30. The Morgan fingerprint density at radius 2 is 2.28 bits per heavy atom. The number of aromatic nitrogens is 1. The first-order chi connectivity index (χ1) is 8.47. The van der Waals surface area contributed by atoms with E-state index in [1.165, 1.54) is 0 Å². The first-order valence-electron chi connectivity index (χ1n) is 5.27. The molecule has 2 rings (SSSR count). The molecule has 0 bridgehead atoms. The van der Waals surface area contributed by atoms with E-state index in [0.717, 1.165) is 9.13 Å². The Bertz CT molecular complexity index is 646. The van der Waals surface area contributed by atoms with E-state index in [-0.39, 0.29) is 0 Å². The minimum atomic E-state index is -1.01. The van der Waals surface area contributed by atoms with Gasteiger partial charge in [0.25, 0.3) is 0 Å². The number of aryl methyl sites for hydroxylation is 1. The SMILES string of the molecule is N[C@H](CCc1cc(I)c2[nH]c(=O)oc2c1)C(=O)O. The van der Waals surface area contributed by atoms with Crippen LogP contribution < -0.4 is 11.5 Å². The number of halogens is 1. The molecule has 96 valence electrons. The van der Waals surface area contributed by atoms with Crippen molar-refractivity contribution in [2.75, 3.05) is 0 Å². The van der Waals surface area contributed by atoms with Crippen LogP contribution in [0.2, 0.25) is 0 Å². The molecule has 0 spiro atoms. The van der Waals surface area contributed by atoms with Gasteiger partial charge < -0.3 is 15.3 Å². The van der Waals surface area contributed by atoms with Gasteiger partial charge in [0.2, 0.25) is 0 Å². The largest absolute Gasteiger partial charge is 0.480 e. The van der Waals surface area contributed by atoms with Gasteiger partial charge in [-0.2, -0.15) is 0 Å². The number of aromatic amines is 1. The van der Waals surface area contributed by atoms with E-state index in [0.29, 0.717) is 23.9 Å². The van der Waals surface area contributed by atoms with E-state index in [4.69, 9.17) is 15.3 Å². The number of hydrogen-bond donors (Lipinski definition) is 3. The number of rotatable bonds is 4. The maximum Gasteiger partial charge on any atom is 0.417 e. The fraction of sp³-hybridized carbons (Fsp3) is 0.273. The normalized spacial score (nSPS) is 12.8. The number of nitrogens with one attached hydrogen (secondary N) is 1. The van der Waals surface area contributed by atoms with Crippen molar-refractivity contribution < 1.29 is 14.3 Å². The quantitative estimate of drug-likeness (QED) is 0.705. The van der Waals surface area contributed by atoms with Gasteiger partial charge in [-0.15, -0.1) is 0 Å². The average Bonchev–Trinajstić information content (AvgIpc) is 2.67. The average molecular weight is 362 g/mol. The summed E-state index contributed by atoms with van der Waals surface area (Å²) in [6, 6.07) is 2.73. The van der Waals surface area contributed by atoms with Crippen LogP contribution in [0, 0.1) is 3.57 Å². The van der Waals surface area contributed by atoms with Gasteiger partial charge in [0, 0.05) is 3.57 Å². The Balaban J connectivity index is 2.24. The minimum Gasteiger partial charge on any atom is -0.480 e. The number of oxazole rings is 1. The van der Waals surface area contributed by atoms with Gasteiger partial charge >= 0.3 is 11.7 Å². The summed E-state index contributed by atoms with van der Waals surface area (Å²) in [5.74, 6) is -1.51. The van der Waals surface area contributed by atoms with E-state index >= 15 is 0 Å². The number of hydrogen-bond acceptors (Lipinski definition) is 4. The summed E-state index contributed by atoms with van der Waals surface area (Å²) < 4.78 is 5.84. The first kappa shape index (κ1) is 13.1. The van der Waals surface area contributed by atoms with Gasteiger partial charge in [-0.25, -0.2) is 4.79 Å². The summed E-state index contributed by atoms with van der Waals surface area (Å²) in [5, 5.41) is 8.70. The molecule has 6 nitrogen and oxygen atoms in total. The van der Waals surface area contributed by atoms with Crippen molar-refractivity contribution in [1.29, 1.82) is 0 Å². The Morgan fingerprint density at radius 3 is 2.94 bits per heavy atom. The van der Waals surface area contributed by atoms with Crippen molar-refractivity contribution in [3.05, 3.63) is 31.8 Å². The van der Waals surface area contributed by atoms with E-state index in [1.54, 1.807) is 6.07 Å². The highest BCUT2D eigenvalue weighted by Gasteiger charge is 2.13. The Morgan fingerprint density at radius 1 is 1.56 bits per heavy atom. The zero-order valence-corrected chi connectivity index (χ0v) is 11.4. The molecule has 18 heavy (non-hydrogen) atoms. The highest BCUT2D eigenvalue weighted by atomic mass is 127. The van der Waals surface area contributed by atoms with Crippen LogP contribution in [0.4, 0.5) is 0 Å². The highest BCUT2D eigenvalue weighted by Crippen LogP contribution is 2.21. The molecule has 1 heterocycles. The van der Waals surface area contributed by atoms with E-state index in [2.05, 4.69) is 27.6 Å². The number of H-pyrrole nitrogens is 1. The molecule has 0 amide bonds. The molecule has 4 N–H and O–H groups in total. The summed E-state index contributed by atoms with van der Waals surface area (Å²) >= 11 is 2.09. The van der Waals surface area contributed by atoms with Crippen molar-refractivity contribution in [3.63, 3.8) is 0 Å². The first-order valence-corrected chi connectivity index (χ1v) is 6.35. The van der Waals surface area contributed by atoms with Crippen molar-refractivity contribution >= 4 is 39.7 Å². The molecule has 0 fully saturated rings. The lowest BCUT2D eigenvalue weighted by Gasteiger charge is -2.06. The zero-order chi connectivity index (χ0) is 13.3. The molecule has 0 aliphatic heterocycles. The van der Waals surface area contributed by atoms with E-state index < -0.39 is 17.8 Å². The molecule has 0 saturated heterocycles. The number of fused-ring (bicyclic) bond motifs is 1. The van der Waals surface area contributed by atoms with Crippen LogP contribution >= 0.6 is 22.6 Å². The van der Waals surface area contributed by atoms with Gasteiger partial charge in [0.15, 0.2) is 5.58 Å². The van der Waals surface area contributed by atoms with Crippen molar-refractivity contribution in [2.24, 2.45) is 5.73 Å². The van der Waals surface area contributed by atoms with E-state index in [9.17, 15) is 9.59 Å². The number of carboxylic acid groups (broad SMARTS) is 1. The maximum atomic E-state index is 11.1. The standard InChI is InChI=1S/C11H11IN2O4/c12-6-3-5(1-2-7(13)10(15)16)4-8-9(6)14-11(17)18-8/h3-4,7H,1-2,13H2,(H,14,17)(H,15,16)/t7-/m1/s1. The molecule has 7 heteroatoms. The lowest BCUT2D eigenvalue weighted by atomic mass is 10.1. The number of nitrogens with two attached hydrogens (primary N) is 1. The molecule has 0 radical (unpaired) electrons. The van der Waals surface area contributed by atoms with Crippen LogP contribution in [0.5, 0.6) is 0 Å². The van der Waals surface area contributed by atoms with Crippen LogP contribution in [-0.2, 0) is 11.2 Å². The molecule has 0 aliphatic rings. The topological polar surface area (TPSA) is 109 Å². The smallest absolute Gasteiger partial charge is 0.417 e. The van der Waals surface area contributed by atoms with Crippen molar-refractivity contribution in [3.8, 4) is 0 Å². The second-order valence-corrected chi connectivity index (χ2v) is 5.11. The van der Waals surface area contributed by atoms with Crippen LogP contribution in [-0.4, -0.2) is 22.1 Å². The van der Waals surface area contributed by atoms with Gasteiger partial charge in [-0.1, -0.05) is 0 Å². The highest BCUT2D eigenvalue weighted by molar-refractivity contribution is 14.1. The number of aliphatic carboxylic acids is 1. The number of benzene rings is 1. The van der Waals surface area contributed by atoms with Gasteiger partial charge in [-0.05, 0) is 53.1 Å². The fourth-order valence-electron chi connectivity index (χ4n) is 1.65. The maximum absolute atomic E-state index is 11.1. The number of carboxylic acids is 1. The Hall–Kier alpha value is -1.35. The second-order valence-electron chi connectivity index (χ2n) is 3.95. The fourth-order valence-corrected chi connectivity index (χ4v) is 2.45. The molecule has 2 aromatic rings. The third-order valence-corrected chi connectivity index (χ3v) is 3.46. The summed E-state index contributed by atoms with van der Waals surface area (Å²) in [4.78, 5) is 24.3. The van der Waals surface area contributed by atoms with Crippen molar-refractivity contribution in [1.82, 2.24) is 4.98 Å². The Labute approximate surface area is 115 Å². The molecular formula is C11H11IN2O4. The third kappa shape index (κ3) is 2.72. The molecule has 1 atom stereocenters. The Kier molecular flexibility index (Phi) is 3.71. The summed E-state index contributed by atoms with van der Waals surface area (Å²) in [6.45, 7) is 0. The van der Waals surface area contributed by atoms with Crippen LogP contribution in [0.3, 0.4) is 0 Å². The monoisotopic (exact) mass is 362 g/mol. The summed E-state index contributed by atoms with van der Waals surface area (Å²) in [5.41, 5.74) is 7.47. The van der Waals surface area contributed by atoms with E-state index in [1.807, 2.05) is 6.07 Å². The predicted molar refractivity (Wildman–Crippen MR) is 73.5 cm³/mol. The van der Waals surface area contributed by atoms with Crippen LogP contribution in [0.25, 0.3) is 11.1 Å². The predicted octanol–water partition coefficient (Wildman–Crippen LogP) is 1.07. The van der Waals surface area contributed by atoms with Crippen LogP contribution in [0.1, 0.15) is 12.0 Å². The van der Waals surface area contributed by atoms with Gasteiger partial charge in [0.1, 0.15) is 11.6 Å². The summed E-state index contributed by atoms with van der Waals surface area (Å²) in [6.07, 6.45) is 0.861. The lowest BCUT2D eigenvalue weighted by molar-refractivity contribution is -0.138. The minimum absolute atomic E-state index is 0.339. The summed E-state index contributed by atoms with van der Waals surface area (Å²) in [7, 11) is 0. The molecule has 0 unspecified atom stereocenters. The number of carbonyl (C=O) groups is 1. The molecule has 1 aromatic heterocycles. The molecule has 1 aromatic carbocycles. The van der Waals surface area contributed by atoms with Crippen molar-refractivity contribution in [2.45, 2.75) is 18.9 Å². The van der Waals surface area contributed by atoms with Crippen LogP contribution in [0.15, 0.2) is 21.3 Å². The third-order valence-electron chi connectivity index (χ3n) is 2.60. The second kappa shape index (κ2) is 5.11. The van der Waals surface area contributed by atoms with Gasteiger partial charge in [-0.3, -0.25) is 9.78 Å².